The Hall–Kier alpha value is -0.170. The van der Waals surface area contributed by atoms with Crippen LogP contribution in [0.3, 0.4) is 0 Å². The third-order valence-corrected chi connectivity index (χ3v) is 7.12. The molecule has 1 N–H and O–H groups in total. The summed E-state index contributed by atoms with van der Waals surface area (Å²) >= 11 is 0. The van der Waals surface area contributed by atoms with Crippen LogP contribution < -0.4 is 0 Å². The predicted octanol–water partition coefficient (Wildman–Crippen LogP) is 1.59. The third-order valence-electron chi connectivity index (χ3n) is 5.09. The van der Waals surface area contributed by atoms with Gasteiger partial charge in [-0.05, 0) is 37.5 Å². The number of rotatable bonds is 4. The molecule has 20 heavy (non-hydrogen) atoms. The molecule has 2 saturated heterocycles. The summed E-state index contributed by atoms with van der Waals surface area (Å²) in [4.78, 5) is 0. The van der Waals surface area contributed by atoms with Crippen molar-refractivity contribution in [3.63, 3.8) is 0 Å². The summed E-state index contributed by atoms with van der Waals surface area (Å²) in [5, 5.41) is 9.54. The van der Waals surface area contributed by atoms with E-state index < -0.39 is 10.2 Å². The molecule has 6 heteroatoms. The molecule has 2 fully saturated rings. The van der Waals surface area contributed by atoms with Gasteiger partial charge < -0.3 is 5.11 Å². The van der Waals surface area contributed by atoms with Gasteiger partial charge in [0.1, 0.15) is 0 Å². The summed E-state index contributed by atoms with van der Waals surface area (Å²) in [6, 6.07) is 0. The number of hydrogen-bond donors (Lipinski definition) is 1. The smallest absolute Gasteiger partial charge is 0.281 e. The zero-order valence-electron chi connectivity index (χ0n) is 12.6. The van der Waals surface area contributed by atoms with Gasteiger partial charge in [-0.15, -0.1) is 0 Å². The van der Waals surface area contributed by atoms with Crippen LogP contribution in [0.5, 0.6) is 0 Å². The van der Waals surface area contributed by atoms with Crippen LogP contribution in [-0.4, -0.2) is 54.9 Å². The third kappa shape index (κ3) is 3.35. The fraction of sp³-hybridized carbons (Fsp3) is 1.00. The molecule has 0 saturated carbocycles. The van der Waals surface area contributed by atoms with Gasteiger partial charge in [-0.25, -0.2) is 0 Å². The van der Waals surface area contributed by atoms with Gasteiger partial charge in [-0.1, -0.05) is 19.8 Å². The number of hydrogen-bond acceptors (Lipinski definition) is 3. The Morgan fingerprint density at radius 1 is 0.950 bits per heavy atom. The first-order valence-corrected chi connectivity index (χ1v) is 9.30. The van der Waals surface area contributed by atoms with Crippen LogP contribution in [0.1, 0.15) is 51.9 Å². The summed E-state index contributed by atoms with van der Waals surface area (Å²) in [5.41, 5.74) is -0.0647. The van der Waals surface area contributed by atoms with Gasteiger partial charge in [0.05, 0.1) is 0 Å². The second-order valence-electron chi connectivity index (χ2n) is 6.23. The Kier molecular flexibility index (Phi) is 5.45. The lowest BCUT2D eigenvalue weighted by molar-refractivity contribution is 0.0630. The highest BCUT2D eigenvalue weighted by molar-refractivity contribution is 7.86. The van der Waals surface area contributed by atoms with Crippen molar-refractivity contribution in [2.45, 2.75) is 51.9 Å². The lowest BCUT2D eigenvalue weighted by Gasteiger charge is -2.41. The quantitative estimate of drug-likeness (QED) is 0.858. The Bertz CT molecular complexity index is 389. The van der Waals surface area contributed by atoms with E-state index in [1.165, 1.54) is 0 Å². The maximum atomic E-state index is 12.7. The fourth-order valence-electron chi connectivity index (χ4n) is 3.25. The first-order chi connectivity index (χ1) is 9.54. The molecule has 0 unspecified atom stereocenters. The zero-order valence-corrected chi connectivity index (χ0v) is 13.4. The van der Waals surface area contributed by atoms with Gasteiger partial charge >= 0.3 is 0 Å². The molecule has 0 atom stereocenters. The van der Waals surface area contributed by atoms with E-state index in [4.69, 9.17) is 0 Å². The van der Waals surface area contributed by atoms with Gasteiger partial charge in [0.25, 0.3) is 10.2 Å². The lowest BCUT2D eigenvalue weighted by Crippen LogP contribution is -2.50. The second kappa shape index (κ2) is 6.73. The molecule has 0 spiro atoms. The van der Waals surface area contributed by atoms with Crippen LogP contribution in [-0.2, 0) is 10.2 Å². The van der Waals surface area contributed by atoms with E-state index in [0.29, 0.717) is 26.2 Å². The normalized spacial score (nSPS) is 26.3. The van der Waals surface area contributed by atoms with Gasteiger partial charge in [-0.3, -0.25) is 0 Å². The SMILES string of the molecule is CCC1(CO)CCN(S(=O)(=O)N2CCCCCC2)CC1. The van der Waals surface area contributed by atoms with Crippen molar-refractivity contribution in [2.75, 3.05) is 32.8 Å². The van der Waals surface area contributed by atoms with Crippen molar-refractivity contribution in [1.82, 2.24) is 8.61 Å². The van der Waals surface area contributed by atoms with E-state index in [9.17, 15) is 13.5 Å². The number of piperidine rings is 1. The summed E-state index contributed by atoms with van der Waals surface area (Å²) in [5.74, 6) is 0. The van der Waals surface area contributed by atoms with Gasteiger partial charge in [0.15, 0.2) is 0 Å². The van der Waals surface area contributed by atoms with Crippen molar-refractivity contribution in [3.8, 4) is 0 Å². The van der Waals surface area contributed by atoms with Gasteiger partial charge in [0.2, 0.25) is 0 Å². The topological polar surface area (TPSA) is 60.9 Å². The predicted molar refractivity (Wildman–Crippen MR) is 79.6 cm³/mol. The van der Waals surface area contributed by atoms with E-state index in [2.05, 4.69) is 6.92 Å². The van der Waals surface area contributed by atoms with Crippen molar-refractivity contribution in [3.05, 3.63) is 0 Å². The van der Waals surface area contributed by atoms with Crippen molar-refractivity contribution in [1.29, 1.82) is 0 Å². The summed E-state index contributed by atoms with van der Waals surface area (Å²) < 4.78 is 28.6. The molecule has 0 aromatic rings. The molecule has 0 aromatic carbocycles. The average Bonchev–Trinajstić information content (AvgIpc) is 2.77. The molecular weight excluding hydrogens is 276 g/mol. The molecule has 118 valence electrons. The minimum absolute atomic E-state index is 0.0647. The van der Waals surface area contributed by atoms with E-state index >= 15 is 0 Å². The first-order valence-electron chi connectivity index (χ1n) is 7.90. The van der Waals surface area contributed by atoms with Gasteiger partial charge in [0, 0.05) is 32.8 Å². The van der Waals surface area contributed by atoms with Crippen molar-refractivity contribution >= 4 is 10.2 Å². The molecule has 5 nitrogen and oxygen atoms in total. The number of nitrogens with zero attached hydrogens (tertiary/aromatic N) is 2. The summed E-state index contributed by atoms with van der Waals surface area (Å²) in [7, 11) is -3.29. The largest absolute Gasteiger partial charge is 0.396 e. The number of aliphatic hydroxyl groups is 1. The molecule has 0 radical (unpaired) electrons. The van der Waals surface area contributed by atoms with E-state index in [0.717, 1.165) is 44.9 Å². The van der Waals surface area contributed by atoms with Crippen molar-refractivity contribution in [2.24, 2.45) is 5.41 Å². The highest BCUT2D eigenvalue weighted by Crippen LogP contribution is 2.35. The van der Waals surface area contributed by atoms with Crippen LogP contribution in [0.25, 0.3) is 0 Å². The minimum Gasteiger partial charge on any atom is -0.396 e. The fourth-order valence-corrected chi connectivity index (χ4v) is 4.94. The van der Waals surface area contributed by atoms with Gasteiger partial charge in [-0.2, -0.15) is 17.0 Å². The molecule has 2 aliphatic rings. The van der Waals surface area contributed by atoms with Crippen LogP contribution in [0.4, 0.5) is 0 Å². The molecule has 0 aromatic heterocycles. The Labute approximate surface area is 123 Å². The monoisotopic (exact) mass is 304 g/mol. The van der Waals surface area contributed by atoms with E-state index in [1.807, 2.05) is 0 Å². The molecular formula is C14H28N2O3S. The first kappa shape index (κ1) is 16.2. The van der Waals surface area contributed by atoms with Crippen LogP contribution in [0.2, 0.25) is 0 Å². The van der Waals surface area contributed by atoms with Crippen LogP contribution in [0, 0.1) is 5.41 Å². The summed E-state index contributed by atoms with van der Waals surface area (Å²) in [6.07, 6.45) is 6.68. The zero-order chi connectivity index (χ0) is 14.6. The highest BCUT2D eigenvalue weighted by atomic mass is 32.2. The van der Waals surface area contributed by atoms with E-state index in [1.54, 1.807) is 8.61 Å². The lowest BCUT2D eigenvalue weighted by atomic mass is 9.77. The molecule has 2 heterocycles. The standard InChI is InChI=1S/C14H28N2O3S/c1-2-14(13-17)7-11-16(12-8-14)20(18,19)15-9-5-3-4-6-10-15/h17H,2-13H2,1H3. The molecule has 0 aliphatic carbocycles. The molecule has 0 amide bonds. The van der Waals surface area contributed by atoms with Crippen LogP contribution in [0.15, 0.2) is 0 Å². The summed E-state index contributed by atoms with van der Waals surface area (Å²) in [6.45, 7) is 4.67. The molecule has 2 aliphatic heterocycles. The second-order valence-corrected chi connectivity index (χ2v) is 8.16. The Balaban J connectivity index is 2.01. The minimum atomic E-state index is -3.29. The van der Waals surface area contributed by atoms with Crippen LogP contribution >= 0.6 is 0 Å². The average molecular weight is 304 g/mol. The molecule has 2 rings (SSSR count). The highest BCUT2D eigenvalue weighted by Gasteiger charge is 2.38. The number of aliphatic hydroxyl groups excluding tert-OH is 1. The molecule has 0 bridgehead atoms. The maximum Gasteiger partial charge on any atom is 0.281 e. The Morgan fingerprint density at radius 3 is 1.90 bits per heavy atom. The van der Waals surface area contributed by atoms with Crippen molar-refractivity contribution < 1.29 is 13.5 Å². The Morgan fingerprint density at radius 2 is 1.45 bits per heavy atom. The maximum absolute atomic E-state index is 12.7. The van der Waals surface area contributed by atoms with E-state index in [-0.39, 0.29) is 12.0 Å².